The topological polar surface area (TPSA) is 75.2 Å². The lowest BCUT2D eigenvalue weighted by Gasteiger charge is -2.05. The summed E-state index contributed by atoms with van der Waals surface area (Å²) < 4.78 is 5.88. The maximum atomic E-state index is 10.6. The van der Waals surface area contributed by atoms with Crippen molar-refractivity contribution in [3.8, 4) is 17.1 Å². The Morgan fingerprint density at radius 2 is 2.25 bits per heavy atom. The molecule has 0 spiro atoms. The molecule has 0 saturated carbocycles. The SMILES string of the molecule is COc1ccc(-c2nc(Br)c(CCC(=O)O)[nH]2)cc1C. The zero-order chi connectivity index (χ0) is 14.7. The molecule has 0 aliphatic rings. The Morgan fingerprint density at radius 3 is 2.85 bits per heavy atom. The van der Waals surface area contributed by atoms with E-state index >= 15 is 0 Å². The van der Waals surface area contributed by atoms with E-state index < -0.39 is 5.97 Å². The maximum absolute atomic E-state index is 10.6. The number of benzene rings is 1. The van der Waals surface area contributed by atoms with Crippen molar-refractivity contribution in [3.05, 3.63) is 34.1 Å². The second kappa shape index (κ2) is 6.09. The lowest BCUT2D eigenvalue weighted by molar-refractivity contribution is -0.136. The number of carboxylic acids is 1. The number of hydrogen-bond acceptors (Lipinski definition) is 3. The molecule has 1 aromatic carbocycles. The van der Waals surface area contributed by atoms with Gasteiger partial charge in [0.25, 0.3) is 0 Å². The fraction of sp³-hybridized carbons (Fsp3) is 0.286. The largest absolute Gasteiger partial charge is 0.496 e. The standard InChI is InChI=1S/C14H15BrN2O3/c1-8-7-9(3-5-11(8)20-2)14-16-10(13(15)17-14)4-6-12(18)19/h3,5,7H,4,6H2,1-2H3,(H,16,17)(H,18,19). The minimum absolute atomic E-state index is 0.0713. The molecule has 2 N–H and O–H groups in total. The first kappa shape index (κ1) is 14.6. The van der Waals surface area contributed by atoms with Crippen LogP contribution in [0.2, 0.25) is 0 Å². The summed E-state index contributed by atoms with van der Waals surface area (Å²) in [6.45, 7) is 1.96. The molecule has 1 aromatic heterocycles. The molecule has 1 heterocycles. The van der Waals surface area contributed by atoms with E-state index in [1.54, 1.807) is 7.11 Å². The molecule has 0 atom stereocenters. The minimum Gasteiger partial charge on any atom is -0.496 e. The highest BCUT2D eigenvalue weighted by atomic mass is 79.9. The van der Waals surface area contributed by atoms with Crippen LogP contribution in [0.3, 0.4) is 0 Å². The fourth-order valence-corrected chi connectivity index (χ4v) is 2.42. The van der Waals surface area contributed by atoms with E-state index in [-0.39, 0.29) is 6.42 Å². The van der Waals surface area contributed by atoms with Crippen LogP contribution in [0.15, 0.2) is 22.8 Å². The number of H-pyrrole nitrogens is 1. The van der Waals surface area contributed by atoms with Gasteiger partial charge in [-0.25, -0.2) is 4.98 Å². The molecular formula is C14H15BrN2O3. The van der Waals surface area contributed by atoms with Crippen LogP contribution in [-0.4, -0.2) is 28.2 Å². The van der Waals surface area contributed by atoms with Gasteiger partial charge in [-0.1, -0.05) is 0 Å². The second-order valence-corrected chi connectivity index (χ2v) is 5.18. The van der Waals surface area contributed by atoms with Gasteiger partial charge in [-0.05, 0) is 46.6 Å². The van der Waals surface area contributed by atoms with Crippen LogP contribution >= 0.6 is 15.9 Å². The molecule has 0 amide bonds. The Kier molecular flexibility index (Phi) is 4.44. The van der Waals surface area contributed by atoms with Crippen molar-refractivity contribution in [1.82, 2.24) is 9.97 Å². The van der Waals surface area contributed by atoms with Gasteiger partial charge in [-0.2, -0.15) is 0 Å². The quantitative estimate of drug-likeness (QED) is 0.877. The summed E-state index contributed by atoms with van der Waals surface area (Å²) >= 11 is 3.35. The molecule has 5 nitrogen and oxygen atoms in total. The van der Waals surface area contributed by atoms with E-state index in [1.807, 2.05) is 25.1 Å². The number of carboxylic acid groups (broad SMARTS) is 1. The Balaban J connectivity index is 2.27. The zero-order valence-electron chi connectivity index (χ0n) is 11.2. The van der Waals surface area contributed by atoms with Gasteiger partial charge >= 0.3 is 5.97 Å². The number of aromatic amines is 1. The van der Waals surface area contributed by atoms with Gasteiger partial charge < -0.3 is 14.8 Å². The number of nitrogens with zero attached hydrogens (tertiary/aromatic N) is 1. The van der Waals surface area contributed by atoms with Gasteiger partial charge in [0.1, 0.15) is 16.2 Å². The first-order valence-electron chi connectivity index (χ1n) is 6.12. The molecule has 0 saturated heterocycles. The highest BCUT2D eigenvalue weighted by molar-refractivity contribution is 9.10. The van der Waals surface area contributed by atoms with Crippen molar-refractivity contribution in [2.45, 2.75) is 19.8 Å². The molecule has 0 bridgehead atoms. The first-order chi connectivity index (χ1) is 9.51. The summed E-state index contributed by atoms with van der Waals surface area (Å²) in [4.78, 5) is 18.2. The number of rotatable bonds is 5. The first-order valence-corrected chi connectivity index (χ1v) is 6.91. The third-order valence-electron chi connectivity index (χ3n) is 2.99. The van der Waals surface area contributed by atoms with E-state index in [2.05, 4.69) is 25.9 Å². The number of aryl methyl sites for hydroxylation is 2. The summed E-state index contributed by atoms with van der Waals surface area (Å²) in [5.41, 5.74) is 2.74. The molecular weight excluding hydrogens is 324 g/mol. The number of nitrogens with one attached hydrogen (secondary N) is 1. The Labute approximate surface area is 125 Å². The Hall–Kier alpha value is -1.82. The maximum Gasteiger partial charge on any atom is 0.303 e. The molecule has 106 valence electrons. The number of carbonyl (C=O) groups is 1. The summed E-state index contributed by atoms with van der Waals surface area (Å²) in [5.74, 6) is 0.710. The average molecular weight is 339 g/mol. The van der Waals surface area contributed by atoms with E-state index in [0.29, 0.717) is 16.8 Å². The van der Waals surface area contributed by atoms with Gasteiger partial charge in [0.2, 0.25) is 0 Å². The van der Waals surface area contributed by atoms with E-state index in [0.717, 1.165) is 22.6 Å². The Morgan fingerprint density at radius 1 is 1.50 bits per heavy atom. The van der Waals surface area contributed by atoms with Gasteiger partial charge in [-0.15, -0.1) is 0 Å². The van der Waals surface area contributed by atoms with Crippen LogP contribution in [0, 0.1) is 6.92 Å². The van der Waals surface area contributed by atoms with Crippen LogP contribution in [0.25, 0.3) is 11.4 Å². The van der Waals surface area contributed by atoms with Crippen molar-refractivity contribution in [1.29, 1.82) is 0 Å². The van der Waals surface area contributed by atoms with Crippen LogP contribution in [0.5, 0.6) is 5.75 Å². The van der Waals surface area contributed by atoms with E-state index in [1.165, 1.54) is 0 Å². The number of imidazole rings is 1. The number of hydrogen-bond donors (Lipinski definition) is 2. The molecule has 2 aromatic rings. The molecule has 0 aliphatic carbocycles. The van der Waals surface area contributed by atoms with Crippen molar-refractivity contribution >= 4 is 21.9 Å². The molecule has 0 fully saturated rings. The fourth-order valence-electron chi connectivity index (χ4n) is 1.95. The van der Waals surface area contributed by atoms with Crippen LogP contribution in [-0.2, 0) is 11.2 Å². The summed E-state index contributed by atoms with van der Waals surface area (Å²) in [7, 11) is 1.63. The highest BCUT2D eigenvalue weighted by Crippen LogP contribution is 2.27. The van der Waals surface area contributed by atoms with E-state index in [4.69, 9.17) is 9.84 Å². The van der Waals surface area contributed by atoms with Crippen LogP contribution < -0.4 is 4.74 Å². The predicted octanol–water partition coefficient (Wildman–Crippen LogP) is 3.17. The third kappa shape index (κ3) is 3.19. The molecule has 2 rings (SSSR count). The summed E-state index contributed by atoms with van der Waals surface area (Å²) in [6.07, 6.45) is 0.486. The van der Waals surface area contributed by atoms with Gasteiger partial charge in [0.15, 0.2) is 0 Å². The molecule has 20 heavy (non-hydrogen) atoms. The average Bonchev–Trinajstić information content (AvgIpc) is 2.77. The normalized spacial score (nSPS) is 10.6. The lowest BCUT2D eigenvalue weighted by Crippen LogP contribution is -1.98. The van der Waals surface area contributed by atoms with Crippen molar-refractivity contribution < 1.29 is 14.6 Å². The Bertz CT molecular complexity index is 637. The van der Waals surface area contributed by atoms with Crippen LogP contribution in [0.1, 0.15) is 17.7 Å². The minimum atomic E-state index is -0.826. The zero-order valence-corrected chi connectivity index (χ0v) is 12.8. The van der Waals surface area contributed by atoms with Gasteiger partial charge in [-0.3, -0.25) is 4.79 Å². The number of aromatic nitrogens is 2. The molecule has 6 heteroatoms. The van der Waals surface area contributed by atoms with Gasteiger partial charge in [0, 0.05) is 12.0 Å². The monoisotopic (exact) mass is 338 g/mol. The molecule has 0 aliphatic heterocycles. The van der Waals surface area contributed by atoms with Crippen molar-refractivity contribution in [3.63, 3.8) is 0 Å². The number of aliphatic carboxylic acids is 1. The number of methoxy groups -OCH3 is 1. The molecule has 0 radical (unpaired) electrons. The van der Waals surface area contributed by atoms with Crippen LogP contribution in [0.4, 0.5) is 0 Å². The molecule has 0 unspecified atom stereocenters. The second-order valence-electron chi connectivity index (χ2n) is 4.43. The van der Waals surface area contributed by atoms with Crippen molar-refractivity contribution in [2.24, 2.45) is 0 Å². The summed E-state index contributed by atoms with van der Waals surface area (Å²) in [5, 5.41) is 8.72. The van der Waals surface area contributed by atoms with E-state index in [9.17, 15) is 4.79 Å². The summed E-state index contributed by atoms with van der Waals surface area (Å²) in [6, 6.07) is 5.78. The highest BCUT2D eigenvalue weighted by Gasteiger charge is 2.11. The van der Waals surface area contributed by atoms with Crippen molar-refractivity contribution in [2.75, 3.05) is 7.11 Å². The number of halogens is 1. The predicted molar refractivity (Wildman–Crippen MR) is 79.0 cm³/mol. The van der Waals surface area contributed by atoms with Gasteiger partial charge in [0.05, 0.1) is 19.2 Å². The third-order valence-corrected chi connectivity index (χ3v) is 3.64. The smallest absolute Gasteiger partial charge is 0.303 e. The lowest BCUT2D eigenvalue weighted by atomic mass is 10.1. The number of ether oxygens (including phenoxy) is 1.